The Hall–Kier alpha value is -1.52. The van der Waals surface area contributed by atoms with Gasteiger partial charge in [0.25, 0.3) is 0 Å². The number of primary amides is 1. The maximum absolute atomic E-state index is 13.6. The molecule has 0 radical (unpaired) electrons. The summed E-state index contributed by atoms with van der Waals surface area (Å²) in [5, 5.41) is 0. The normalized spacial score (nSPS) is 23.1. The molecule has 1 saturated heterocycles. The first-order valence-corrected chi connectivity index (χ1v) is 10.0. The van der Waals surface area contributed by atoms with Gasteiger partial charge in [0.05, 0.1) is 9.79 Å². The van der Waals surface area contributed by atoms with E-state index in [1.54, 1.807) is 0 Å². The maximum Gasteiger partial charge on any atom is 0.244 e. The van der Waals surface area contributed by atoms with Gasteiger partial charge in [-0.2, -0.15) is 4.31 Å². The molecule has 2 atom stereocenters. The second-order valence-corrected chi connectivity index (χ2v) is 9.40. The minimum absolute atomic E-state index is 0.173. The zero-order chi connectivity index (χ0) is 17.6. The van der Waals surface area contributed by atoms with Gasteiger partial charge in [0, 0.05) is 19.2 Å². The number of rotatable bonds is 4. The van der Waals surface area contributed by atoms with Gasteiger partial charge in [-0.05, 0) is 24.6 Å². The van der Waals surface area contributed by atoms with E-state index < -0.39 is 44.5 Å². The van der Waals surface area contributed by atoms with Crippen LogP contribution in [0.25, 0.3) is 0 Å². The highest BCUT2D eigenvalue weighted by molar-refractivity contribution is 7.91. The van der Waals surface area contributed by atoms with Crippen LogP contribution in [0.1, 0.15) is 12.0 Å². The SMILES string of the molecule is Cc1ccc(S(C)(=O)=O)cc1S(=O)(=O)N1C[C@H](F)C[C@H]1C(N)=O. The highest BCUT2D eigenvalue weighted by Gasteiger charge is 2.43. The third kappa shape index (κ3) is 3.38. The zero-order valence-electron chi connectivity index (χ0n) is 12.6. The molecule has 23 heavy (non-hydrogen) atoms. The molecular formula is C13H17FN2O5S2. The first kappa shape index (κ1) is 17.8. The van der Waals surface area contributed by atoms with Gasteiger partial charge in [-0.15, -0.1) is 0 Å². The van der Waals surface area contributed by atoms with Crippen LogP contribution in [0.3, 0.4) is 0 Å². The van der Waals surface area contributed by atoms with Crippen molar-refractivity contribution >= 4 is 25.8 Å². The molecule has 0 spiro atoms. The van der Waals surface area contributed by atoms with Gasteiger partial charge in [0.2, 0.25) is 15.9 Å². The van der Waals surface area contributed by atoms with Crippen molar-refractivity contribution in [2.24, 2.45) is 5.73 Å². The first-order valence-electron chi connectivity index (χ1n) is 6.70. The number of hydrogen-bond donors (Lipinski definition) is 1. The number of sulfonamides is 1. The van der Waals surface area contributed by atoms with Crippen molar-refractivity contribution in [3.63, 3.8) is 0 Å². The summed E-state index contributed by atoms with van der Waals surface area (Å²) in [7, 11) is -7.87. The lowest BCUT2D eigenvalue weighted by molar-refractivity contribution is -0.121. The summed E-state index contributed by atoms with van der Waals surface area (Å²) >= 11 is 0. The lowest BCUT2D eigenvalue weighted by Crippen LogP contribution is -2.43. The number of alkyl halides is 1. The number of carbonyl (C=O) groups is 1. The Morgan fingerprint density at radius 1 is 1.30 bits per heavy atom. The minimum atomic E-state index is -4.25. The molecule has 0 saturated carbocycles. The van der Waals surface area contributed by atoms with Crippen LogP contribution in [-0.2, 0) is 24.7 Å². The monoisotopic (exact) mass is 364 g/mol. The Labute approximate surface area is 134 Å². The van der Waals surface area contributed by atoms with Gasteiger partial charge in [0.1, 0.15) is 12.2 Å². The molecule has 1 heterocycles. The van der Waals surface area contributed by atoms with Gasteiger partial charge >= 0.3 is 0 Å². The van der Waals surface area contributed by atoms with Crippen LogP contribution in [0, 0.1) is 6.92 Å². The average molecular weight is 364 g/mol. The van der Waals surface area contributed by atoms with Gasteiger partial charge in [-0.1, -0.05) is 6.07 Å². The number of nitrogens with two attached hydrogens (primary N) is 1. The highest BCUT2D eigenvalue weighted by atomic mass is 32.2. The van der Waals surface area contributed by atoms with Gasteiger partial charge in [-0.25, -0.2) is 21.2 Å². The van der Waals surface area contributed by atoms with E-state index in [0.29, 0.717) is 9.87 Å². The van der Waals surface area contributed by atoms with Crippen molar-refractivity contribution in [2.45, 2.75) is 35.3 Å². The number of benzene rings is 1. The number of nitrogens with zero attached hydrogens (tertiary/aromatic N) is 1. The van der Waals surface area contributed by atoms with Crippen LogP contribution in [0.4, 0.5) is 4.39 Å². The molecule has 0 unspecified atom stereocenters. The van der Waals surface area contributed by atoms with Crippen molar-refractivity contribution in [2.75, 3.05) is 12.8 Å². The lowest BCUT2D eigenvalue weighted by atomic mass is 10.2. The van der Waals surface area contributed by atoms with Crippen LogP contribution < -0.4 is 5.73 Å². The molecule has 1 amide bonds. The molecule has 1 aromatic rings. The van der Waals surface area contributed by atoms with Crippen LogP contribution in [-0.4, -0.2) is 52.1 Å². The Kier molecular flexibility index (Phi) is 4.53. The average Bonchev–Trinajstić information content (AvgIpc) is 2.80. The van der Waals surface area contributed by atoms with E-state index in [9.17, 15) is 26.0 Å². The van der Waals surface area contributed by atoms with Crippen molar-refractivity contribution in [1.29, 1.82) is 0 Å². The molecule has 2 N–H and O–H groups in total. The van der Waals surface area contributed by atoms with Gasteiger partial charge in [0.15, 0.2) is 9.84 Å². The Balaban J connectivity index is 2.58. The molecule has 0 aliphatic carbocycles. The first-order chi connectivity index (χ1) is 10.4. The van der Waals surface area contributed by atoms with E-state index in [0.717, 1.165) is 12.3 Å². The van der Waals surface area contributed by atoms with Crippen molar-refractivity contribution in [1.82, 2.24) is 4.31 Å². The summed E-state index contributed by atoms with van der Waals surface area (Å²) < 4.78 is 63.0. The molecule has 1 aliphatic rings. The summed E-state index contributed by atoms with van der Waals surface area (Å²) in [6.45, 7) is 1.000. The van der Waals surface area contributed by atoms with E-state index in [1.807, 2.05) is 0 Å². The predicted molar refractivity (Wildman–Crippen MR) is 80.7 cm³/mol. The summed E-state index contributed by atoms with van der Waals surface area (Å²) in [6.07, 6.45) is -0.853. The fourth-order valence-electron chi connectivity index (χ4n) is 2.50. The fraction of sp³-hybridized carbons (Fsp3) is 0.462. The molecular weight excluding hydrogens is 347 g/mol. The van der Waals surface area contributed by atoms with Crippen LogP contribution >= 0.6 is 0 Å². The number of hydrogen-bond acceptors (Lipinski definition) is 5. The van der Waals surface area contributed by atoms with E-state index >= 15 is 0 Å². The minimum Gasteiger partial charge on any atom is -0.368 e. The summed E-state index contributed by atoms with van der Waals surface area (Å²) in [4.78, 5) is 11.0. The number of carbonyl (C=O) groups excluding carboxylic acids is 1. The zero-order valence-corrected chi connectivity index (χ0v) is 14.2. The van der Waals surface area contributed by atoms with Crippen molar-refractivity contribution in [3.8, 4) is 0 Å². The van der Waals surface area contributed by atoms with E-state index in [2.05, 4.69) is 0 Å². The van der Waals surface area contributed by atoms with Crippen LogP contribution in [0.2, 0.25) is 0 Å². The summed E-state index contributed by atoms with van der Waals surface area (Å²) in [5.41, 5.74) is 5.45. The molecule has 0 aromatic heterocycles. The number of aryl methyl sites for hydroxylation is 1. The van der Waals surface area contributed by atoms with Crippen molar-refractivity contribution in [3.05, 3.63) is 23.8 Å². The summed E-state index contributed by atoms with van der Waals surface area (Å²) in [5.74, 6) is -0.939. The molecule has 0 bridgehead atoms. The second kappa shape index (κ2) is 5.84. The highest BCUT2D eigenvalue weighted by Crippen LogP contribution is 2.30. The Morgan fingerprint density at radius 3 is 2.43 bits per heavy atom. The Morgan fingerprint density at radius 2 is 1.91 bits per heavy atom. The molecule has 7 nitrogen and oxygen atoms in total. The molecule has 10 heteroatoms. The predicted octanol–water partition coefficient (Wildman–Crippen LogP) is -0.0151. The largest absolute Gasteiger partial charge is 0.368 e. The smallest absolute Gasteiger partial charge is 0.244 e. The van der Waals surface area contributed by atoms with Crippen LogP contribution in [0.15, 0.2) is 28.0 Å². The Bertz CT molecular complexity index is 851. The number of amides is 1. The van der Waals surface area contributed by atoms with E-state index in [1.165, 1.54) is 19.1 Å². The third-order valence-corrected chi connectivity index (χ3v) is 6.83. The van der Waals surface area contributed by atoms with Crippen molar-refractivity contribution < 1.29 is 26.0 Å². The maximum atomic E-state index is 13.6. The van der Waals surface area contributed by atoms with E-state index in [-0.39, 0.29) is 16.2 Å². The molecule has 1 aliphatic heterocycles. The lowest BCUT2D eigenvalue weighted by Gasteiger charge is -2.22. The molecule has 1 aromatic carbocycles. The van der Waals surface area contributed by atoms with Gasteiger partial charge in [-0.3, -0.25) is 4.79 Å². The number of halogens is 1. The fourth-order valence-corrected chi connectivity index (χ4v) is 5.10. The molecule has 128 valence electrons. The second-order valence-electron chi connectivity index (χ2n) is 5.53. The topological polar surface area (TPSA) is 115 Å². The standard InChI is InChI=1S/C13H17FN2O5S2/c1-8-3-4-10(22(2,18)19)6-12(8)23(20,21)16-7-9(14)5-11(16)13(15)17/h3-4,6,9,11H,5,7H2,1-2H3,(H2,15,17)/t9-,11+/m1/s1. The van der Waals surface area contributed by atoms with Crippen LogP contribution in [0.5, 0.6) is 0 Å². The van der Waals surface area contributed by atoms with Gasteiger partial charge < -0.3 is 5.73 Å². The number of sulfone groups is 1. The molecule has 2 rings (SSSR count). The summed E-state index contributed by atoms with van der Waals surface area (Å²) in [6, 6.07) is 2.38. The third-order valence-electron chi connectivity index (χ3n) is 3.71. The molecule has 1 fully saturated rings. The van der Waals surface area contributed by atoms with E-state index in [4.69, 9.17) is 5.73 Å². The quantitative estimate of drug-likeness (QED) is 0.807.